The SMILES string of the molecule is CC/C=C\C/C=C\C/C=C\CCCCCCCC(=O)OC(COC(=O)CCCCCCCCCCCCCCC/C=C\CCCCCCCCCC)COP(=O)(O)OCC[N+](C)(C)C. The Morgan fingerprint density at radius 3 is 1.34 bits per heavy atom. The van der Waals surface area contributed by atoms with Gasteiger partial charge in [-0.3, -0.25) is 18.6 Å². The van der Waals surface area contributed by atoms with Crippen LogP contribution in [0.3, 0.4) is 0 Å². The maximum absolute atomic E-state index is 12.7. The van der Waals surface area contributed by atoms with Crippen molar-refractivity contribution in [1.29, 1.82) is 0 Å². The molecule has 0 aromatic carbocycles. The van der Waals surface area contributed by atoms with E-state index in [1.807, 2.05) is 21.1 Å². The Hall–Kier alpha value is -2.03. The highest BCUT2D eigenvalue weighted by Crippen LogP contribution is 2.43. The number of unbranched alkanes of at least 4 members (excludes halogenated alkanes) is 26. The first-order chi connectivity index (χ1) is 31.0. The second-order valence-corrected chi connectivity index (χ2v) is 20.3. The van der Waals surface area contributed by atoms with Gasteiger partial charge in [-0.1, -0.05) is 197 Å². The van der Waals surface area contributed by atoms with Crippen LogP contribution in [0, 0.1) is 0 Å². The summed E-state index contributed by atoms with van der Waals surface area (Å²) in [5.74, 6) is -0.813. The average Bonchev–Trinajstić information content (AvgIpc) is 3.25. The number of carbonyl (C=O) groups is 2. The number of hydrogen-bond donors (Lipinski definition) is 1. The molecule has 0 aromatic heterocycles. The van der Waals surface area contributed by atoms with Gasteiger partial charge in [-0.2, -0.15) is 0 Å². The van der Waals surface area contributed by atoms with Crippen LogP contribution in [0.1, 0.15) is 232 Å². The van der Waals surface area contributed by atoms with E-state index in [0.29, 0.717) is 17.4 Å². The van der Waals surface area contributed by atoms with Gasteiger partial charge in [-0.05, 0) is 70.6 Å². The van der Waals surface area contributed by atoms with Gasteiger partial charge < -0.3 is 18.9 Å². The molecule has 0 fully saturated rings. The summed E-state index contributed by atoms with van der Waals surface area (Å²) in [5.41, 5.74) is 0. The fourth-order valence-corrected chi connectivity index (χ4v) is 8.00. The highest BCUT2D eigenvalue weighted by atomic mass is 31.2. The summed E-state index contributed by atoms with van der Waals surface area (Å²) in [4.78, 5) is 35.5. The molecule has 0 aromatic rings. The molecular weight excluding hydrogens is 822 g/mol. The van der Waals surface area contributed by atoms with E-state index in [0.717, 1.165) is 70.6 Å². The van der Waals surface area contributed by atoms with E-state index in [-0.39, 0.29) is 32.0 Å². The fraction of sp³-hybridized carbons (Fsp3) is 0.815. The van der Waals surface area contributed by atoms with Crippen LogP contribution in [-0.2, 0) is 32.7 Å². The Morgan fingerprint density at radius 2 is 0.891 bits per heavy atom. The minimum atomic E-state index is -4.39. The summed E-state index contributed by atoms with van der Waals surface area (Å²) >= 11 is 0. The van der Waals surface area contributed by atoms with Crippen LogP contribution in [0.15, 0.2) is 48.6 Å². The summed E-state index contributed by atoms with van der Waals surface area (Å²) in [6.07, 6.45) is 56.0. The average molecular weight is 923 g/mol. The lowest BCUT2D eigenvalue weighted by Gasteiger charge is -2.24. The maximum atomic E-state index is 12.7. The Balaban J connectivity index is 4.17. The summed E-state index contributed by atoms with van der Waals surface area (Å²) in [6.45, 7) is 4.31. The maximum Gasteiger partial charge on any atom is 0.472 e. The molecule has 64 heavy (non-hydrogen) atoms. The summed E-state index contributed by atoms with van der Waals surface area (Å²) < 4.78 is 34.4. The van der Waals surface area contributed by atoms with E-state index >= 15 is 0 Å². The van der Waals surface area contributed by atoms with Crippen LogP contribution in [0.4, 0.5) is 0 Å². The number of nitrogens with zero attached hydrogens (tertiary/aromatic N) is 1. The van der Waals surface area contributed by atoms with Gasteiger partial charge in [0.2, 0.25) is 0 Å². The lowest BCUT2D eigenvalue weighted by atomic mass is 10.0. The highest BCUT2D eigenvalue weighted by molar-refractivity contribution is 7.47. The monoisotopic (exact) mass is 923 g/mol. The molecule has 0 bridgehead atoms. The third kappa shape index (κ3) is 49.4. The van der Waals surface area contributed by atoms with Crippen LogP contribution in [0.25, 0.3) is 0 Å². The van der Waals surface area contributed by atoms with Crippen molar-refractivity contribution in [2.75, 3.05) is 47.5 Å². The quantitative estimate of drug-likeness (QED) is 0.0211. The van der Waals surface area contributed by atoms with Gasteiger partial charge in [0.25, 0.3) is 0 Å². The minimum Gasteiger partial charge on any atom is -0.462 e. The number of rotatable bonds is 48. The number of hydrogen-bond acceptors (Lipinski definition) is 7. The zero-order valence-corrected chi connectivity index (χ0v) is 43.2. The Bertz CT molecular complexity index is 1230. The number of phosphoric acid groups is 1. The number of phosphoric ester groups is 1. The second-order valence-electron chi connectivity index (χ2n) is 18.9. The summed E-state index contributed by atoms with van der Waals surface area (Å²) in [6, 6.07) is 0. The predicted molar refractivity (Wildman–Crippen MR) is 270 cm³/mol. The molecule has 2 unspecified atom stereocenters. The fourth-order valence-electron chi connectivity index (χ4n) is 7.26. The van der Waals surface area contributed by atoms with Crippen molar-refractivity contribution in [3.8, 4) is 0 Å². The molecule has 9 nitrogen and oxygen atoms in total. The molecule has 0 aliphatic heterocycles. The van der Waals surface area contributed by atoms with Crippen LogP contribution >= 0.6 is 7.82 Å². The van der Waals surface area contributed by atoms with Gasteiger partial charge in [0, 0.05) is 12.8 Å². The van der Waals surface area contributed by atoms with Crippen molar-refractivity contribution in [3.05, 3.63) is 48.6 Å². The van der Waals surface area contributed by atoms with E-state index in [1.165, 1.54) is 128 Å². The third-order valence-electron chi connectivity index (χ3n) is 11.3. The minimum absolute atomic E-state index is 0.0274. The molecule has 0 saturated heterocycles. The predicted octanol–water partition coefficient (Wildman–Crippen LogP) is 15.8. The van der Waals surface area contributed by atoms with Gasteiger partial charge in [0.15, 0.2) is 6.10 Å². The molecule has 0 aliphatic rings. The Morgan fingerprint density at radius 1 is 0.500 bits per heavy atom. The number of ether oxygens (including phenoxy) is 2. The smallest absolute Gasteiger partial charge is 0.462 e. The zero-order chi connectivity index (χ0) is 47.1. The largest absolute Gasteiger partial charge is 0.472 e. The van der Waals surface area contributed by atoms with Crippen molar-refractivity contribution in [2.45, 2.75) is 238 Å². The summed E-state index contributed by atoms with van der Waals surface area (Å²) in [7, 11) is 1.46. The van der Waals surface area contributed by atoms with Crippen LogP contribution in [-0.4, -0.2) is 74.9 Å². The number of likely N-dealkylation sites (N-methyl/N-ethyl adjacent to an activating group) is 1. The molecule has 0 heterocycles. The van der Waals surface area contributed by atoms with Gasteiger partial charge in [-0.15, -0.1) is 0 Å². The van der Waals surface area contributed by atoms with Crippen LogP contribution in [0.2, 0.25) is 0 Å². The lowest BCUT2D eigenvalue weighted by Crippen LogP contribution is -2.37. The highest BCUT2D eigenvalue weighted by Gasteiger charge is 2.27. The number of esters is 2. The van der Waals surface area contributed by atoms with Gasteiger partial charge in [0.05, 0.1) is 27.7 Å². The Labute approximate surface area is 394 Å². The molecule has 2 atom stereocenters. The zero-order valence-electron chi connectivity index (χ0n) is 42.3. The molecule has 0 spiro atoms. The standard InChI is InChI=1S/C54H100NO8P/c1-6-8-10-12-14-16-18-20-22-23-24-25-26-27-28-29-30-31-33-34-36-38-40-42-44-46-53(56)60-50-52(51-62-64(58,59)61-49-48-55(3,4)5)63-54(57)47-45-43-41-39-37-35-32-21-19-17-15-13-11-9-7-2/h9,11,15,17,21,23-24,32,52H,6-8,10,12-14,16,18-20,22,25-31,33-51H2,1-5H3/p+1/b11-9-,17-15-,24-23-,32-21-. The van der Waals surface area contributed by atoms with Crippen molar-refractivity contribution in [2.24, 2.45) is 0 Å². The van der Waals surface area contributed by atoms with Crippen molar-refractivity contribution in [3.63, 3.8) is 0 Å². The normalized spacial score (nSPS) is 13.8. The van der Waals surface area contributed by atoms with Crippen molar-refractivity contribution < 1.29 is 42.1 Å². The van der Waals surface area contributed by atoms with E-state index in [2.05, 4.69) is 62.5 Å². The number of carbonyl (C=O) groups excluding carboxylic acids is 2. The van der Waals surface area contributed by atoms with E-state index in [4.69, 9.17) is 18.5 Å². The molecular formula is C54H101NO8P+. The van der Waals surface area contributed by atoms with Gasteiger partial charge in [0.1, 0.15) is 19.8 Å². The van der Waals surface area contributed by atoms with Crippen molar-refractivity contribution >= 4 is 19.8 Å². The van der Waals surface area contributed by atoms with E-state index in [9.17, 15) is 19.0 Å². The molecule has 0 amide bonds. The first kappa shape index (κ1) is 62.0. The molecule has 0 saturated carbocycles. The first-order valence-electron chi connectivity index (χ1n) is 26.4. The van der Waals surface area contributed by atoms with Crippen LogP contribution in [0.5, 0.6) is 0 Å². The van der Waals surface area contributed by atoms with Gasteiger partial charge >= 0.3 is 19.8 Å². The lowest BCUT2D eigenvalue weighted by molar-refractivity contribution is -0.870. The van der Waals surface area contributed by atoms with Gasteiger partial charge in [-0.25, -0.2) is 4.57 Å². The number of allylic oxidation sites excluding steroid dienone is 8. The summed E-state index contributed by atoms with van der Waals surface area (Å²) in [5, 5.41) is 0. The molecule has 1 N–H and O–H groups in total. The van der Waals surface area contributed by atoms with Crippen molar-refractivity contribution in [1.82, 2.24) is 0 Å². The molecule has 0 rings (SSSR count). The topological polar surface area (TPSA) is 108 Å². The molecule has 0 aliphatic carbocycles. The van der Waals surface area contributed by atoms with E-state index < -0.39 is 26.5 Å². The van der Waals surface area contributed by atoms with E-state index in [1.54, 1.807) is 0 Å². The number of quaternary nitrogens is 1. The molecule has 374 valence electrons. The first-order valence-corrected chi connectivity index (χ1v) is 27.9. The Kier molecular flexibility index (Phi) is 44.6. The molecule has 10 heteroatoms. The second kappa shape index (κ2) is 46.1. The third-order valence-corrected chi connectivity index (χ3v) is 12.3. The van der Waals surface area contributed by atoms with Crippen LogP contribution < -0.4 is 0 Å². The molecule has 0 radical (unpaired) electrons.